The Morgan fingerprint density at radius 1 is 1.16 bits per heavy atom. The van der Waals surface area contributed by atoms with Gasteiger partial charge in [0.15, 0.2) is 0 Å². The normalized spacial score (nSPS) is 14.3. The lowest BCUT2D eigenvalue weighted by Gasteiger charge is -2.19. The van der Waals surface area contributed by atoms with E-state index >= 15 is 0 Å². The fraction of sp³-hybridized carbons (Fsp3) is 0.375. The van der Waals surface area contributed by atoms with Crippen molar-refractivity contribution < 1.29 is 0 Å². The molecule has 2 atom stereocenters. The highest BCUT2D eigenvalue weighted by Gasteiger charge is 2.13. The van der Waals surface area contributed by atoms with Crippen molar-refractivity contribution in [2.45, 2.75) is 39.3 Å². The van der Waals surface area contributed by atoms with Gasteiger partial charge in [-0.25, -0.2) is 0 Å². The van der Waals surface area contributed by atoms with Gasteiger partial charge in [-0.05, 0) is 50.1 Å². The Balaban J connectivity index is 2.03. The highest BCUT2D eigenvalue weighted by molar-refractivity contribution is 7.12. The number of benzene rings is 1. The first-order chi connectivity index (χ1) is 9.10. The van der Waals surface area contributed by atoms with Crippen LogP contribution < -0.4 is 5.32 Å². The first-order valence-corrected chi connectivity index (χ1v) is 7.89. The van der Waals surface area contributed by atoms with E-state index in [1.54, 1.807) is 0 Å². The lowest BCUT2D eigenvalue weighted by molar-refractivity contribution is 0.500. The summed E-state index contributed by atoms with van der Waals surface area (Å²) in [5, 5.41) is 4.42. The molecule has 2 unspecified atom stereocenters. The highest BCUT2D eigenvalue weighted by Crippen LogP contribution is 2.26. The molecule has 1 aromatic carbocycles. The molecule has 1 aromatic heterocycles. The van der Waals surface area contributed by atoms with E-state index in [0.29, 0.717) is 12.1 Å². The molecule has 1 N–H and O–H groups in total. The maximum absolute atomic E-state index is 6.04. The quantitative estimate of drug-likeness (QED) is 0.781. The Labute approximate surface area is 124 Å². The highest BCUT2D eigenvalue weighted by atomic mass is 35.5. The Hall–Kier alpha value is -0.830. The van der Waals surface area contributed by atoms with E-state index in [1.807, 2.05) is 29.5 Å². The molecule has 19 heavy (non-hydrogen) atoms. The lowest BCUT2D eigenvalue weighted by Crippen LogP contribution is -2.21. The fourth-order valence-corrected chi connectivity index (χ4v) is 3.31. The van der Waals surface area contributed by atoms with Crippen LogP contribution in [0.5, 0.6) is 0 Å². The standard InChI is InChI=1S/C16H20ClNS/c1-4-15-8-9-16(19-15)12(3)18-11(2)13-6-5-7-14(17)10-13/h5-12,18H,4H2,1-3H3. The summed E-state index contributed by atoms with van der Waals surface area (Å²) in [5.41, 5.74) is 1.23. The van der Waals surface area contributed by atoms with Crippen molar-refractivity contribution in [1.29, 1.82) is 0 Å². The van der Waals surface area contributed by atoms with Crippen LogP contribution in [0.15, 0.2) is 36.4 Å². The largest absolute Gasteiger partial charge is 0.303 e. The molecule has 0 saturated carbocycles. The molecule has 0 fully saturated rings. The van der Waals surface area contributed by atoms with Gasteiger partial charge in [0.2, 0.25) is 0 Å². The first-order valence-electron chi connectivity index (χ1n) is 6.70. The second-order valence-electron chi connectivity index (χ2n) is 4.82. The molecule has 2 rings (SSSR count). The summed E-state index contributed by atoms with van der Waals surface area (Å²) in [6, 6.07) is 13.2. The SMILES string of the molecule is CCc1ccc(C(C)NC(C)c2cccc(Cl)c2)s1. The van der Waals surface area contributed by atoms with E-state index in [0.717, 1.165) is 11.4 Å². The third-order valence-electron chi connectivity index (χ3n) is 3.31. The van der Waals surface area contributed by atoms with Gasteiger partial charge in [-0.3, -0.25) is 0 Å². The second-order valence-corrected chi connectivity index (χ2v) is 6.46. The topological polar surface area (TPSA) is 12.0 Å². The second kappa shape index (κ2) is 6.56. The van der Waals surface area contributed by atoms with E-state index in [-0.39, 0.29) is 0 Å². The molecule has 3 heteroatoms. The monoisotopic (exact) mass is 293 g/mol. The van der Waals surface area contributed by atoms with Crippen LogP contribution in [0, 0.1) is 0 Å². The zero-order chi connectivity index (χ0) is 13.8. The van der Waals surface area contributed by atoms with Gasteiger partial charge in [-0.2, -0.15) is 0 Å². The molecule has 0 aliphatic carbocycles. The van der Waals surface area contributed by atoms with Crippen LogP contribution in [0.1, 0.15) is 48.2 Å². The summed E-state index contributed by atoms with van der Waals surface area (Å²) in [6.07, 6.45) is 1.11. The Bertz CT molecular complexity index is 535. The number of hydrogen-bond acceptors (Lipinski definition) is 2. The average molecular weight is 294 g/mol. The third kappa shape index (κ3) is 3.82. The average Bonchev–Trinajstić information content (AvgIpc) is 2.87. The molecular weight excluding hydrogens is 274 g/mol. The number of thiophene rings is 1. The van der Waals surface area contributed by atoms with Crippen molar-refractivity contribution in [3.63, 3.8) is 0 Å². The van der Waals surface area contributed by atoms with Crippen LogP contribution in [0.4, 0.5) is 0 Å². The summed E-state index contributed by atoms with van der Waals surface area (Å²) < 4.78 is 0. The molecule has 0 aliphatic heterocycles. The van der Waals surface area contributed by atoms with Gasteiger partial charge in [0, 0.05) is 26.9 Å². The van der Waals surface area contributed by atoms with Crippen molar-refractivity contribution in [3.8, 4) is 0 Å². The molecule has 0 aliphatic rings. The van der Waals surface area contributed by atoms with Gasteiger partial charge < -0.3 is 5.32 Å². The van der Waals surface area contributed by atoms with Gasteiger partial charge in [0.1, 0.15) is 0 Å². The Morgan fingerprint density at radius 2 is 1.95 bits per heavy atom. The summed E-state index contributed by atoms with van der Waals surface area (Å²) in [5.74, 6) is 0. The van der Waals surface area contributed by atoms with Crippen LogP contribution in [0.2, 0.25) is 5.02 Å². The molecule has 1 nitrogen and oxygen atoms in total. The molecule has 1 heterocycles. The Morgan fingerprint density at radius 3 is 2.58 bits per heavy atom. The van der Waals surface area contributed by atoms with Crippen molar-refractivity contribution in [3.05, 3.63) is 56.7 Å². The molecule has 0 radical (unpaired) electrons. The van der Waals surface area contributed by atoms with Crippen LogP contribution >= 0.6 is 22.9 Å². The van der Waals surface area contributed by atoms with Crippen molar-refractivity contribution >= 4 is 22.9 Å². The number of nitrogens with one attached hydrogen (secondary N) is 1. The minimum atomic E-state index is 0.292. The van der Waals surface area contributed by atoms with Crippen LogP contribution in [0.3, 0.4) is 0 Å². The van der Waals surface area contributed by atoms with E-state index in [4.69, 9.17) is 11.6 Å². The van der Waals surface area contributed by atoms with Gasteiger partial charge in [0.05, 0.1) is 0 Å². The molecule has 0 saturated heterocycles. The minimum Gasteiger partial charge on any atom is -0.303 e. The Kier molecular flexibility index (Phi) is 5.03. The lowest BCUT2D eigenvalue weighted by atomic mass is 10.1. The summed E-state index contributed by atoms with van der Waals surface area (Å²) in [4.78, 5) is 2.84. The van der Waals surface area contributed by atoms with Crippen LogP contribution in [-0.4, -0.2) is 0 Å². The number of hydrogen-bond donors (Lipinski definition) is 1. The maximum Gasteiger partial charge on any atom is 0.0409 e. The van der Waals surface area contributed by atoms with Crippen molar-refractivity contribution in [2.24, 2.45) is 0 Å². The molecular formula is C16H20ClNS. The molecule has 2 aromatic rings. The predicted octanol–water partition coefficient (Wildman–Crippen LogP) is 5.38. The van der Waals surface area contributed by atoms with E-state index in [2.05, 4.69) is 44.3 Å². The smallest absolute Gasteiger partial charge is 0.0409 e. The first kappa shape index (κ1) is 14.6. The minimum absolute atomic E-state index is 0.292. The summed E-state index contributed by atoms with van der Waals surface area (Å²) >= 11 is 7.93. The van der Waals surface area contributed by atoms with Crippen molar-refractivity contribution in [2.75, 3.05) is 0 Å². The van der Waals surface area contributed by atoms with Crippen LogP contribution in [-0.2, 0) is 6.42 Å². The van der Waals surface area contributed by atoms with Gasteiger partial charge in [-0.1, -0.05) is 30.7 Å². The zero-order valence-electron chi connectivity index (χ0n) is 11.6. The maximum atomic E-state index is 6.04. The third-order valence-corrected chi connectivity index (χ3v) is 4.95. The molecule has 0 amide bonds. The fourth-order valence-electron chi connectivity index (χ4n) is 2.15. The number of rotatable bonds is 5. The molecule has 102 valence electrons. The van der Waals surface area contributed by atoms with E-state index < -0.39 is 0 Å². The van der Waals surface area contributed by atoms with Gasteiger partial charge in [-0.15, -0.1) is 11.3 Å². The van der Waals surface area contributed by atoms with E-state index in [9.17, 15) is 0 Å². The number of aryl methyl sites for hydroxylation is 1. The van der Waals surface area contributed by atoms with Crippen LogP contribution in [0.25, 0.3) is 0 Å². The van der Waals surface area contributed by atoms with E-state index in [1.165, 1.54) is 15.3 Å². The molecule has 0 spiro atoms. The number of halogens is 1. The molecule has 0 bridgehead atoms. The van der Waals surface area contributed by atoms with Gasteiger partial charge >= 0.3 is 0 Å². The summed E-state index contributed by atoms with van der Waals surface area (Å²) in [7, 11) is 0. The van der Waals surface area contributed by atoms with Crippen molar-refractivity contribution in [1.82, 2.24) is 5.32 Å². The zero-order valence-corrected chi connectivity index (χ0v) is 13.2. The predicted molar refractivity (Wildman–Crippen MR) is 85.1 cm³/mol. The van der Waals surface area contributed by atoms with Gasteiger partial charge in [0.25, 0.3) is 0 Å². The summed E-state index contributed by atoms with van der Waals surface area (Å²) in [6.45, 7) is 6.59.